The molecule has 1 saturated heterocycles. The molecule has 4 nitrogen and oxygen atoms in total. The molecule has 11 heavy (non-hydrogen) atoms. The first-order valence-corrected chi connectivity index (χ1v) is 3.53. The largest absolute Gasteiger partial charge is 0.326 e. The predicted molar refractivity (Wildman–Crippen MR) is 45.2 cm³/mol. The molecule has 0 aromatic carbocycles. The van der Waals surface area contributed by atoms with Gasteiger partial charge >= 0.3 is 0 Å². The van der Waals surface area contributed by atoms with Gasteiger partial charge in [-0.2, -0.15) is 0 Å². The first-order valence-electron chi connectivity index (χ1n) is 3.53. The molecule has 1 heterocycles. The van der Waals surface area contributed by atoms with Crippen molar-refractivity contribution < 1.29 is 4.79 Å². The molecule has 0 radical (unpaired) electrons. The summed E-state index contributed by atoms with van der Waals surface area (Å²) in [7, 11) is 0. The number of halogens is 1. The van der Waals surface area contributed by atoms with E-state index in [9.17, 15) is 4.79 Å². The van der Waals surface area contributed by atoms with Crippen LogP contribution in [0.15, 0.2) is 0 Å². The molecule has 1 aliphatic rings. The summed E-state index contributed by atoms with van der Waals surface area (Å²) in [5.41, 5.74) is 8.25. The zero-order valence-corrected chi connectivity index (χ0v) is 7.14. The molecule has 1 rings (SSSR count). The maximum Gasteiger partial charge on any atom is 0.221 e. The minimum Gasteiger partial charge on any atom is -0.326 e. The van der Waals surface area contributed by atoms with Crippen molar-refractivity contribution in [2.24, 2.45) is 5.73 Å². The number of nitrogens with zero attached hydrogens (tertiary/aromatic N) is 1. The van der Waals surface area contributed by atoms with Crippen molar-refractivity contribution in [3.63, 3.8) is 0 Å². The Labute approximate surface area is 72.5 Å². The third-order valence-corrected chi connectivity index (χ3v) is 1.69. The van der Waals surface area contributed by atoms with Crippen LogP contribution < -0.4 is 11.2 Å². The summed E-state index contributed by atoms with van der Waals surface area (Å²) < 4.78 is 0. The maximum atomic E-state index is 9.99. The van der Waals surface area contributed by atoms with Gasteiger partial charge in [-0.25, -0.2) is 5.01 Å². The van der Waals surface area contributed by atoms with Gasteiger partial charge in [-0.15, -0.1) is 12.4 Å². The molecule has 0 bridgehead atoms. The monoisotopic (exact) mass is 179 g/mol. The molecule has 0 spiro atoms. The highest BCUT2D eigenvalue weighted by Gasteiger charge is 2.14. The number of hydrogen-bond acceptors (Lipinski definition) is 3. The SMILES string of the molecule is Cl.NC1CCCN(NC=O)C1. The van der Waals surface area contributed by atoms with E-state index in [1.807, 2.05) is 5.01 Å². The summed E-state index contributed by atoms with van der Waals surface area (Å²) in [6.45, 7) is 1.70. The summed E-state index contributed by atoms with van der Waals surface area (Å²) in [5, 5.41) is 1.85. The van der Waals surface area contributed by atoms with Crippen LogP contribution in [0.2, 0.25) is 0 Å². The lowest BCUT2D eigenvalue weighted by atomic mass is 10.1. The van der Waals surface area contributed by atoms with E-state index < -0.39 is 0 Å². The van der Waals surface area contributed by atoms with E-state index in [2.05, 4.69) is 5.43 Å². The predicted octanol–water partition coefficient (Wildman–Crippen LogP) is -0.508. The summed E-state index contributed by atoms with van der Waals surface area (Å²) in [5.74, 6) is 0. The molecule has 1 aliphatic heterocycles. The lowest BCUT2D eigenvalue weighted by Crippen LogP contribution is -2.48. The fourth-order valence-corrected chi connectivity index (χ4v) is 1.20. The highest BCUT2D eigenvalue weighted by atomic mass is 35.5. The van der Waals surface area contributed by atoms with E-state index in [0.717, 1.165) is 25.9 Å². The molecular weight excluding hydrogens is 166 g/mol. The van der Waals surface area contributed by atoms with Gasteiger partial charge in [-0.1, -0.05) is 0 Å². The number of amides is 1. The molecule has 0 aromatic rings. The highest BCUT2D eigenvalue weighted by molar-refractivity contribution is 5.85. The smallest absolute Gasteiger partial charge is 0.221 e. The summed E-state index contributed by atoms with van der Waals surface area (Å²) in [6.07, 6.45) is 2.83. The highest BCUT2D eigenvalue weighted by Crippen LogP contribution is 2.04. The third kappa shape index (κ3) is 3.55. The molecule has 1 unspecified atom stereocenters. The van der Waals surface area contributed by atoms with Gasteiger partial charge in [0.05, 0.1) is 0 Å². The van der Waals surface area contributed by atoms with Crippen LogP contribution >= 0.6 is 12.4 Å². The molecule has 1 amide bonds. The molecule has 0 saturated carbocycles. The molecule has 1 atom stereocenters. The van der Waals surface area contributed by atoms with Crippen LogP contribution in [0.3, 0.4) is 0 Å². The van der Waals surface area contributed by atoms with Crippen LogP contribution in [0, 0.1) is 0 Å². The van der Waals surface area contributed by atoms with Crippen molar-refractivity contribution >= 4 is 18.8 Å². The molecule has 66 valence electrons. The summed E-state index contributed by atoms with van der Waals surface area (Å²) in [4.78, 5) is 9.99. The minimum atomic E-state index is 0. The van der Waals surface area contributed by atoms with Crippen LogP contribution in [0.25, 0.3) is 0 Å². The fourth-order valence-electron chi connectivity index (χ4n) is 1.20. The first-order chi connectivity index (χ1) is 4.83. The Morgan fingerprint density at radius 3 is 2.91 bits per heavy atom. The number of nitrogens with two attached hydrogens (primary N) is 1. The number of nitrogens with one attached hydrogen (secondary N) is 1. The molecule has 1 fully saturated rings. The van der Waals surface area contributed by atoms with Gasteiger partial charge in [0.2, 0.25) is 6.41 Å². The van der Waals surface area contributed by atoms with Crippen LogP contribution in [0.4, 0.5) is 0 Å². The Bertz CT molecular complexity index is 122. The van der Waals surface area contributed by atoms with Crippen molar-refractivity contribution in [2.45, 2.75) is 18.9 Å². The average Bonchev–Trinajstić information content (AvgIpc) is 1.88. The molecule has 0 aromatic heterocycles. The minimum absolute atomic E-state index is 0. The van der Waals surface area contributed by atoms with Crippen molar-refractivity contribution in [3.8, 4) is 0 Å². The van der Waals surface area contributed by atoms with Gasteiger partial charge < -0.3 is 5.73 Å². The van der Waals surface area contributed by atoms with Gasteiger partial charge in [0.25, 0.3) is 0 Å². The van der Waals surface area contributed by atoms with Crippen molar-refractivity contribution in [1.29, 1.82) is 0 Å². The van der Waals surface area contributed by atoms with Gasteiger partial charge in [-0.3, -0.25) is 10.2 Å². The Balaban J connectivity index is 0.000001000. The molecule has 0 aliphatic carbocycles. The Hall–Kier alpha value is -0.320. The maximum absolute atomic E-state index is 9.99. The van der Waals surface area contributed by atoms with E-state index >= 15 is 0 Å². The van der Waals surface area contributed by atoms with Gasteiger partial charge in [0.15, 0.2) is 0 Å². The third-order valence-electron chi connectivity index (χ3n) is 1.69. The second kappa shape index (κ2) is 5.35. The van der Waals surface area contributed by atoms with Gasteiger partial charge in [-0.05, 0) is 12.8 Å². The van der Waals surface area contributed by atoms with Crippen LogP contribution in [0.1, 0.15) is 12.8 Å². The van der Waals surface area contributed by atoms with Crippen molar-refractivity contribution in [2.75, 3.05) is 13.1 Å². The summed E-state index contributed by atoms with van der Waals surface area (Å²) >= 11 is 0. The number of piperidine rings is 1. The Morgan fingerprint density at radius 1 is 1.64 bits per heavy atom. The Kier molecular flexibility index (Phi) is 5.19. The molecular formula is C6H14ClN3O. The molecule has 3 N–H and O–H groups in total. The Morgan fingerprint density at radius 2 is 2.36 bits per heavy atom. The zero-order chi connectivity index (χ0) is 7.40. The second-order valence-electron chi connectivity index (χ2n) is 2.60. The van der Waals surface area contributed by atoms with E-state index in [0.29, 0.717) is 6.41 Å². The zero-order valence-electron chi connectivity index (χ0n) is 6.32. The fraction of sp³-hybridized carbons (Fsp3) is 0.833. The number of rotatable bonds is 2. The van der Waals surface area contributed by atoms with E-state index in [1.54, 1.807) is 0 Å². The number of hydrogen-bond donors (Lipinski definition) is 2. The standard InChI is InChI=1S/C6H13N3O.ClH/c7-6-2-1-3-9(4-6)8-5-10;/h5-6H,1-4,7H2,(H,8,10);1H. The van der Waals surface area contributed by atoms with Gasteiger partial charge in [0, 0.05) is 19.1 Å². The number of hydrazine groups is 1. The second-order valence-corrected chi connectivity index (χ2v) is 2.60. The number of carbonyl (C=O) groups is 1. The molecule has 5 heteroatoms. The van der Waals surface area contributed by atoms with E-state index in [4.69, 9.17) is 5.73 Å². The lowest BCUT2D eigenvalue weighted by Gasteiger charge is -2.29. The lowest BCUT2D eigenvalue weighted by molar-refractivity contribution is -0.114. The normalized spacial score (nSPS) is 25.4. The van der Waals surface area contributed by atoms with Crippen molar-refractivity contribution in [1.82, 2.24) is 10.4 Å². The van der Waals surface area contributed by atoms with E-state index in [1.165, 1.54) is 0 Å². The van der Waals surface area contributed by atoms with Crippen LogP contribution in [0.5, 0.6) is 0 Å². The van der Waals surface area contributed by atoms with Crippen LogP contribution in [-0.2, 0) is 4.79 Å². The van der Waals surface area contributed by atoms with E-state index in [-0.39, 0.29) is 18.4 Å². The van der Waals surface area contributed by atoms with Gasteiger partial charge in [0.1, 0.15) is 0 Å². The summed E-state index contributed by atoms with van der Waals surface area (Å²) in [6, 6.07) is 0.223. The topological polar surface area (TPSA) is 58.4 Å². The van der Waals surface area contributed by atoms with Crippen molar-refractivity contribution in [3.05, 3.63) is 0 Å². The first kappa shape index (κ1) is 10.7. The number of carbonyl (C=O) groups excluding carboxylic acids is 1. The quantitative estimate of drug-likeness (QED) is 0.562. The average molecular weight is 180 g/mol. The van der Waals surface area contributed by atoms with Crippen LogP contribution in [-0.4, -0.2) is 30.6 Å².